The van der Waals surface area contributed by atoms with Crippen LogP contribution in [-0.4, -0.2) is 13.0 Å². The number of benzene rings is 2. The summed E-state index contributed by atoms with van der Waals surface area (Å²) in [5.41, 5.74) is 1.12. The van der Waals surface area contributed by atoms with Crippen LogP contribution in [0.25, 0.3) is 16.8 Å². The van der Waals surface area contributed by atoms with Crippen LogP contribution in [0.1, 0.15) is 11.1 Å². The quantitative estimate of drug-likeness (QED) is 0.562. The molecule has 0 N–H and O–H groups in total. The zero-order chi connectivity index (χ0) is 12.6. The smallest absolute Gasteiger partial charge is 0.744 e. The number of aryl methyl sites for hydroxylation is 1. The molecule has 0 saturated carbocycles. The topological polar surface area (TPSA) is 57.2 Å². The number of hydrogen-bond donors (Lipinski definition) is 0. The van der Waals surface area contributed by atoms with Gasteiger partial charge >= 0.3 is 51.4 Å². The molecule has 0 heterocycles. The Hall–Kier alpha value is -0.0136. The summed E-state index contributed by atoms with van der Waals surface area (Å²) in [5, 5.41) is 1.19. The second kappa shape index (κ2) is 5.96. The molecule has 0 saturated heterocycles. The molecule has 5 heteroatoms. The van der Waals surface area contributed by atoms with Crippen molar-refractivity contribution in [3.05, 3.63) is 48.0 Å². The monoisotopic (exact) mass is 286 g/mol. The van der Waals surface area contributed by atoms with Gasteiger partial charge < -0.3 is 4.55 Å². The van der Waals surface area contributed by atoms with Gasteiger partial charge in [0, 0.05) is 0 Å². The molecule has 0 fully saturated rings. The van der Waals surface area contributed by atoms with Crippen molar-refractivity contribution in [2.45, 2.75) is 11.8 Å². The number of fused-ring (bicyclic) bond motifs is 1. The van der Waals surface area contributed by atoms with Crippen LogP contribution in [-0.2, 0) is 10.1 Å². The molecule has 18 heavy (non-hydrogen) atoms. The summed E-state index contributed by atoms with van der Waals surface area (Å²) >= 11 is 0. The molecule has 0 radical (unpaired) electrons. The zero-order valence-electron chi connectivity index (χ0n) is 10.3. The van der Waals surface area contributed by atoms with E-state index in [0.717, 1.165) is 10.9 Å². The molecule has 2 rings (SSSR count). The van der Waals surface area contributed by atoms with Crippen molar-refractivity contribution in [2.75, 3.05) is 0 Å². The largest absolute Gasteiger partial charge is 1.00 e. The van der Waals surface area contributed by atoms with Gasteiger partial charge in [-0.3, -0.25) is 0 Å². The minimum absolute atomic E-state index is 0. The van der Waals surface area contributed by atoms with E-state index in [9.17, 15) is 13.0 Å². The van der Waals surface area contributed by atoms with Crippen molar-refractivity contribution in [1.29, 1.82) is 0 Å². The summed E-state index contributed by atoms with van der Waals surface area (Å²) in [7, 11) is -4.52. The zero-order valence-corrected chi connectivity index (χ0v) is 14.2. The summed E-state index contributed by atoms with van der Waals surface area (Å²) in [6, 6.07) is 8.77. The molecule has 0 bridgehead atoms. The molecule has 0 atom stereocenters. The van der Waals surface area contributed by atoms with E-state index in [1.807, 2.05) is 6.07 Å². The molecule has 0 aliphatic rings. The van der Waals surface area contributed by atoms with Crippen LogP contribution in [0.2, 0.25) is 0 Å². The Morgan fingerprint density at radius 1 is 1.28 bits per heavy atom. The summed E-state index contributed by atoms with van der Waals surface area (Å²) in [5.74, 6) is 0. The van der Waals surface area contributed by atoms with Gasteiger partial charge in [0.05, 0.1) is 4.90 Å². The fourth-order valence-electron chi connectivity index (χ4n) is 1.99. The van der Waals surface area contributed by atoms with Crippen LogP contribution >= 0.6 is 0 Å². The van der Waals surface area contributed by atoms with Crippen LogP contribution in [0.4, 0.5) is 0 Å². The van der Waals surface area contributed by atoms with Crippen LogP contribution in [0.5, 0.6) is 0 Å². The molecule has 0 spiro atoms. The Balaban J connectivity index is 0.00000162. The fourth-order valence-corrected chi connectivity index (χ4v) is 2.96. The number of rotatable bonds is 2. The Labute approximate surface area is 149 Å². The average molecular weight is 286 g/mol. The van der Waals surface area contributed by atoms with Crippen LogP contribution in [0, 0.1) is 6.92 Å². The molecule has 0 aromatic heterocycles. The van der Waals surface area contributed by atoms with Crippen molar-refractivity contribution >= 4 is 27.0 Å². The molecule has 0 aliphatic carbocycles. The first-order valence-corrected chi connectivity index (χ1v) is 6.46. The van der Waals surface area contributed by atoms with Crippen molar-refractivity contribution in [3.63, 3.8) is 0 Å². The van der Waals surface area contributed by atoms with Crippen LogP contribution < -0.4 is 51.4 Å². The summed E-state index contributed by atoms with van der Waals surface area (Å²) < 4.78 is 34.1. The first-order chi connectivity index (χ1) is 7.95. The second-order valence-corrected chi connectivity index (χ2v) is 5.13. The van der Waals surface area contributed by atoms with E-state index in [1.54, 1.807) is 31.2 Å². The predicted octanol–water partition coefficient (Wildman–Crippen LogP) is -0.301. The molecule has 0 unspecified atom stereocenters. The molecule has 0 aliphatic heterocycles. The molecule has 3 nitrogen and oxygen atoms in total. The molecule has 2 aromatic rings. The van der Waals surface area contributed by atoms with Crippen molar-refractivity contribution < 1.29 is 64.4 Å². The van der Waals surface area contributed by atoms with Crippen molar-refractivity contribution in [1.82, 2.24) is 0 Å². The minimum Gasteiger partial charge on any atom is -0.744 e. The van der Waals surface area contributed by atoms with E-state index in [0.29, 0.717) is 10.9 Å². The third-order valence-electron chi connectivity index (χ3n) is 2.70. The van der Waals surface area contributed by atoms with Crippen LogP contribution in [0.15, 0.2) is 41.8 Å². The van der Waals surface area contributed by atoms with E-state index in [1.165, 1.54) is 6.08 Å². The van der Waals surface area contributed by atoms with Crippen molar-refractivity contribution in [2.24, 2.45) is 0 Å². The summed E-state index contributed by atoms with van der Waals surface area (Å²) in [6.07, 6.45) is 1.41. The van der Waals surface area contributed by atoms with E-state index in [-0.39, 0.29) is 56.3 Å². The Kier molecular flexibility index (Phi) is 5.31. The minimum atomic E-state index is -4.52. The molecule has 88 valence electrons. The molecular formula is C13H11KO3S. The van der Waals surface area contributed by atoms with E-state index < -0.39 is 10.1 Å². The normalized spacial score (nSPS) is 11.0. The average Bonchev–Trinajstić information content (AvgIpc) is 2.25. The first-order valence-electron chi connectivity index (χ1n) is 5.06. The van der Waals surface area contributed by atoms with Gasteiger partial charge in [-0.2, -0.15) is 0 Å². The summed E-state index contributed by atoms with van der Waals surface area (Å²) in [4.78, 5) is -0.178. The van der Waals surface area contributed by atoms with Gasteiger partial charge in [0.15, 0.2) is 0 Å². The van der Waals surface area contributed by atoms with Crippen LogP contribution in [0.3, 0.4) is 0 Å². The van der Waals surface area contributed by atoms with Gasteiger partial charge in [0.25, 0.3) is 0 Å². The Morgan fingerprint density at radius 2 is 1.89 bits per heavy atom. The van der Waals surface area contributed by atoms with Gasteiger partial charge in [0.2, 0.25) is 0 Å². The Morgan fingerprint density at radius 3 is 2.44 bits per heavy atom. The third kappa shape index (κ3) is 2.93. The van der Waals surface area contributed by atoms with Gasteiger partial charge in [-0.15, -0.1) is 0 Å². The molecule has 2 aromatic carbocycles. The van der Waals surface area contributed by atoms with E-state index in [2.05, 4.69) is 6.58 Å². The third-order valence-corrected chi connectivity index (χ3v) is 3.64. The predicted molar refractivity (Wildman–Crippen MR) is 66.7 cm³/mol. The molecule has 0 amide bonds. The second-order valence-electron chi connectivity index (χ2n) is 3.82. The fraction of sp³-hybridized carbons (Fsp3) is 0.0769. The number of hydrogen-bond acceptors (Lipinski definition) is 3. The van der Waals surface area contributed by atoms with Gasteiger partial charge in [0.1, 0.15) is 10.1 Å². The molecular weight excluding hydrogens is 275 g/mol. The standard InChI is InChI=1S/C13H12O3S.K/c1-3-11-9(2)8-10-6-4-5-7-12(10)13(11)17(14,15)16;/h3-8H,1H2,2H3,(H,14,15,16);/q;+1/p-1. The van der Waals surface area contributed by atoms with E-state index in [4.69, 9.17) is 0 Å². The van der Waals surface area contributed by atoms with Gasteiger partial charge in [-0.1, -0.05) is 43.0 Å². The maximum absolute atomic E-state index is 11.4. The first kappa shape index (κ1) is 16.0. The van der Waals surface area contributed by atoms with Gasteiger partial charge in [-0.05, 0) is 28.8 Å². The maximum Gasteiger partial charge on any atom is 1.00 e. The van der Waals surface area contributed by atoms with Crippen molar-refractivity contribution in [3.8, 4) is 0 Å². The van der Waals surface area contributed by atoms with Gasteiger partial charge in [-0.25, -0.2) is 8.42 Å². The summed E-state index contributed by atoms with van der Waals surface area (Å²) in [6.45, 7) is 5.33. The SMILES string of the molecule is C=Cc1c(C)cc2ccccc2c1S(=O)(=O)[O-].[K+]. The van der Waals surface area contributed by atoms with E-state index >= 15 is 0 Å². The maximum atomic E-state index is 11.4. The Bertz CT molecular complexity index is 705.